The van der Waals surface area contributed by atoms with E-state index in [2.05, 4.69) is 9.98 Å². The third-order valence-electron chi connectivity index (χ3n) is 3.75. The van der Waals surface area contributed by atoms with E-state index in [4.69, 9.17) is 11.6 Å². The number of hydrazine groups is 1. The Morgan fingerprint density at radius 2 is 2.04 bits per heavy atom. The number of pyridine rings is 1. The number of allylic oxidation sites excluding steroid dienone is 2. The van der Waals surface area contributed by atoms with Crippen LogP contribution in [0.4, 0.5) is 13.2 Å². The molecule has 2 aliphatic heterocycles. The van der Waals surface area contributed by atoms with Crippen LogP contribution in [0.2, 0.25) is 5.15 Å². The third kappa shape index (κ3) is 2.98. The van der Waals surface area contributed by atoms with Gasteiger partial charge in [0.05, 0.1) is 11.4 Å². The van der Waals surface area contributed by atoms with Gasteiger partial charge in [0, 0.05) is 12.2 Å². The molecule has 0 saturated heterocycles. The van der Waals surface area contributed by atoms with Gasteiger partial charge in [0.2, 0.25) is 0 Å². The van der Waals surface area contributed by atoms with Crippen molar-refractivity contribution < 1.29 is 13.2 Å². The van der Waals surface area contributed by atoms with Gasteiger partial charge in [0.15, 0.2) is 0 Å². The molecule has 1 aromatic rings. The van der Waals surface area contributed by atoms with Crippen LogP contribution in [0.5, 0.6) is 0 Å². The number of hydrogen-bond acceptors (Lipinski definition) is 4. The zero-order valence-electron chi connectivity index (χ0n) is 12.5. The van der Waals surface area contributed by atoms with Crippen molar-refractivity contribution in [1.29, 1.82) is 0 Å². The van der Waals surface area contributed by atoms with E-state index in [0.717, 1.165) is 6.92 Å². The molecule has 0 radical (unpaired) electrons. The topological polar surface area (TPSA) is 31.7 Å². The molecule has 0 saturated carbocycles. The second-order valence-corrected chi connectivity index (χ2v) is 5.73. The van der Waals surface area contributed by atoms with Crippen LogP contribution in [0, 0.1) is 0 Å². The Hall–Kier alpha value is -1.86. The Morgan fingerprint density at radius 1 is 1.30 bits per heavy atom. The average Bonchev–Trinajstić information content (AvgIpc) is 2.89. The largest absolute Gasteiger partial charge is 0.405 e. The summed E-state index contributed by atoms with van der Waals surface area (Å²) in [7, 11) is 0. The van der Waals surface area contributed by atoms with Crippen molar-refractivity contribution in [2.75, 3.05) is 6.54 Å². The fourth-order valence-electron chi connectivity index (χ4n) is 2.55. The van der Waals surface area contributed by atoms with E-state index in [1.54, 1.807) is 37.3 Å². The van der Waals surface area contributed by atoms with Crippen molar-refractivity contribution in [3.8, 4) is 0 Å². The minimum absolute atomic E-state index is 0.154. The maximum Gasteiger partial charge on any atom is 0.405 e. The summed E-state index contributed by atoms with van der Waals surface area (Å²) >= 11 is 5.88. The lowest BCUT2D eigenvalue weighted by atomic mass is 10.2. The quantitative estimate of drug-likeness (QED) is 0.767. The normalized spacial score (nSPS) is 19.9. The van der Waals surface area contributed by atoms with Crippen LogP contribution in [0.1, 0.15) is 19.5 Å². The van der Waals surface area contributed by atoms with Gasteiger partial charge in [0.25, 0.3) is 0 Å². The van der Waals surface area contributed by atoms with Crippen LogP contribution in [-0.4, -0.2) is 39.5 Å². The number of fused-ring (bicyclic) bond motifs is 1. The maximum absolute atomic E-state index is 13.0. The van der Waals surface area contributed by atoms with Gasteiger partial charge in [-0.1, -0.05) is 17.7 Å². The lowest BCUT2D eigenvalue weighted by Crippen LogP contribution is -2.49. The first-order valence-electron chi connectivity index (χ1n) is 7.01. The SMILES string of the molecule is CC1=CC(c2cccc(Cl)n2)=NC2=CCN([C@@H](C)C(F)(F)F)N12. The van der Waals surface area contributed by atoms with Gasteiger partial charge in [-0.05, 0) is 38.1 Å². The molecule has 8 heteroatoms. The van der Waals surface area contributed by atoms with E-state index in [1.807, 2.05) is 0 Å². The molecular weight excluding hydrogens is 329 g/mol. The molecular formula is C15H14ClF3N4. The zero-order valence-corrected chi connectivity index (χ0v) is 13.2. The zero-order chi connectivity index (χ0) is 16.8. The van der Waals surface area contributed by atoms with Crippen molar-refractivity contribution in [2.45, 2.75) is 26.1 Å². The number of rotatable bonds is 2. The summed E-state index contributed by atoms with van der Waals surface area (Å²) in [5.41, 5.74) is 1.81. The molecule has 0 aromatic carbocycles. The van der Waals surface area contributed by atoms with Crippen molar-refractivity contribution in [2.24, 2.45) is 4.99 Å². The van der Waals surface area contributed by atoms with Crippen LogP contribution in [0.3, 0.4) is 0 Å². The summed E-state index contributed by atoms with van der Waals surface area (Å²) in [6.07, 6.45) is -0.928. The minimum Gasteiger partial charge on any atom is -0.261 e. The lowest BCUT2D eigenvalue weighted by molar-refractivity contribution is -0.201. The highest BCUT2D eigenvalue weighted by Gasteiger charge is 2.45. The Morgan fingerprint density at radius 3 is 2.70 bits per heavy atom. The maximum atomic E-state index is 13.0. The molecule has 0 amide bonds. The van der Waals surface area contributed by atoms with E-state index in [-0.39, 0.29) is 6.54 Å². The summed E-state index contributed by atoms with van der Waals surface area (Å²) in [5.74, 6) is 0.470. The monoisotopic (exact) mass is 342 g/mol. The molecule has 122 valence electrons. The first kappa shape index (κ1) is 16.0. The first-order valence-corrected chi connectivity index (χ1v) is 7.38. The van der Waals surface area contributed by atoms with E-state index < -0.39 is 12.2 Å². The lowest BCUT2D eigenvalue weighted by Gasteiger charge is -2.37. The van der Waals surface area contributed by atoms with Crippen molar-refractivity contribution in [1.82, 2.24) is 15.0 Å². The van der Waals surface area contributed by atoms with Gasteiger partial charge in [-0.3, -0.25) is 5.01 Å². The average molecular weight is 343 g/mol. The highest BCUT2D eigenvalue weighted by molar-refractivity contribution is 6.29. The first-order chi connectivity index (χ1) is 10.8. The van der Waals surface area contributed by atoms with E-state index in [1.165, 1.54) is 10.0 Å². The number of alkyl halides is 3. The summed E-state index contributed by atoms with van der Waals surface area (Å²) in [5, 5.41) is 3.07. The molecule has 0 fully saturated rings. The van der Waals surface area contributed by atoms with Crippen molar-refractivity contribution >= 4 is 17.3 Å². The molecule has 3 rings (SSSR count). The molecule has 1 aromatic heterocycles. The molecule has 3 heterocycles. The van der Waals surface area contributed by atoms with E-state index in [9.17, 15) is 13.2 Å². The van der Waals surface area contributed by atoms with Gasteiger partial charge in [-0.2, -0.15) is 18.2 Å². The Kier molecular flexibility index (Phi) is 3.93. The van der Waals surface area contributed by atoms with E-state index >= 15 is 0 Å². The molecule has 0 bridgehead atoms. The summed E-state index contributed by atoms with van der Waals surface area (Å²) in [6.45, 7) is 3.04. The second kappa shape index (κ2) is 5.65. The molecule has 0 unspecified atom stereocenters. The smallest absolute Gasteiger partial charge is 0.261 e. The Bertz CT molecular complexity index is 724. The van der Waals surface area contributed by atoms with Crippen LogP contribution >= 0.6 is 11.6 Å². The highest BCUT2D eigenvalue weighted by Crippen LogP contribution is 2.34. The number of halogens is 4. The van der Waals surface area contributed by atoms with Gasteiger partial charge in [-0.15, -0.1) is 0 Å². The van der Waals surface area contributed by atoms with Gasteiger partial charge >= 0.3 is 6.18 Å². The van der Waals surface area contributed by atoms with E-state index in [0.29, 0.717) is 28.1 Å². The summed E-state index contributed by atoms with van der Waals surface area (Å²) < 4.78 is 39.0. The molecule has 0 spiro atoms. The molecule has 23 heavy (non-hydrogen) atoms. The molecule has 2 aliphatic rings. The van der Waals surface area contributed by atoms with Crippen LogP contribution < -0.4 is 0 Å². The number of aliphatic imine (C=N–C) groups is 1. The van der Waals surface area contributed by atoms with Crippen molar-refractivity contribution in [3.05, 3.63) is 52.7 Å². The second-order valence-electron chi connectivity index (χ2n) is 5.34. The van der Waals surface area contributed by atoms with Gasteiger partial charge in [0.1, 0.15) is 17.0 Å². The molecule has 0 N–H and O–H groups in total. The standard InChI is InChI=1S/C15H14ClF3N4/c1-9-8-12(11-4-3-5-13(16)20-11)21-14-6-7-22(23(9)14)10(2)15(17,18)19/h3-6,8,10H,7H2,1-2H3/t10-/m0/s1. The predicted molar refractivity (Wildman–Crippen MR) is 81.7 cm³/mol. The predicted octanol–water partition coefficient (Wildman–Crippen LogP) is 3.77. The summed E-state index contributed by atoms with van der Waals surface area (Å²) in [4.78, 5) is 8.61. The van der Waals surface area contributed by atoms with Crippen LogP contribution in [0.15, 0.2) is 46.9 Å². The van der Waals surface area contributed by atoms with Gasteiger partial charge < -0.3 is 0 Å². The molecule has 4 nitrogen and oxygen atoms in total. The Labute approximate surface area is 136 Å². The van der Waals surface area contributed by atoms with Gasteiger partial charge in [-0.25, -0.2) is 9.98 Å². The van der Waals surface area contributed by atoms with Crippen LogP contribution in [-0.2, 0) is 0 Å². The minimum atomic E-state index is -4.30. The summed E-state index contributed by atoms with van der Waals surface area (Å²) in [6, 6.07) is 3.57. The number of hydrogen-bond donors (Lipinski definition) is 0. The Balaban J connectivity index is 1.91. The number of aromatic nitrogens is 1. The fraction of sp³-hybridized carbons (Fsp3) is 0.333. The third-order valence-corrected chi connectivity index (χ3v) is 3.96. The van der Waals surface area contributed by atoms with Crippen LogP contribution in [0.25, 0.3) is 0 Å². The molecule has 0 aliphatic carbocycles. The van der Waals surface area contributed by atoms with Crippen molar-refractivity contribution in [3.63, 3.8) is 0 Å². The fourth-order valence-corrected chi connectivity index (χ4v) is 2.71. The molecule has 1 atom stereocenters. The highest BCUT2D eigenvalue weighted by atomic mass is 35.5. The number of nitrogens with zero attached hydrogens (tertiary/aromatic N) is 4.